The van der Waals surface area contributed by atoms with Crippen molar-refractivity contribution in [1.29, 1.82) is 0 Å². The van der Waals surface area contributed by atoms with E-state index in [1.165, 1.54) is 0 Å². The highest BCUT2D eigenvalue weighted by molar-refractivity contribution is 9.10. The molecule has 0 fully saturated rings. The van der Waals surface area contributed by atoms with Crippen LogP contribution in [0.3, 0.4) is 0 Å². The summed E-state index contributed by atoms with van der Waals surface area (Å²) in [5, 5.41) is 1.04. The van der Waals surface area contributed by atoms with E-state index in [1.54, 1.807) is 13.3 Å². The zero-order valence-corrected chi connectivity index (χ0v) is 9.82. The number of methoxy groups -OCH3 is 1. The third kappa shape index (κ3) is 2.46. The molecule has 2 aromatic rings. The minimum absolute atomic E-state index is 0.257. The molecule has 0 amide bonds. The predicted octanol–water partition coefficient (Wildman–Crippen LogP) is 2.98. The highest BCUT2D eigenvalue weighted by Crippen LogP contribution is 2.22. The number of fused-ring (bicyclic) bond motifs is 1. The maximum Gasteiger partial charge on any atom is 0.188 e. The first-order valence-corrected chi connectivity index (χ1v) is 5.26. The predicted molar refractivity (Wildman–Crippen MR) is 61.9 cm³/mol. The summed E-state index contributed by atoms with van der Waals surface area (Å²) in [4.78, 5) is 4.27. The van der Waals surface area contributed by atoms with Gasteiger partial charge in [0.1, 0.15) is 5.75 Å². The molecule has 0 bridgehead atoms. The van der Waals surface area contributed by atoms with Crippen LogP contribution in [0.2, 0.25) is 0 Å². The second kappa shape index (κ2) is 4.59. The van der Waals surface area contributed by atoms with Gasteiger partial charge >= 0.3 is 0 Å². The Hall–Kier alpha value is -1.13. The van der Waals surface area contributed by atoms with Crippen LogP contribution in [0.15, 0.2) is 34.9 Å². The Bertz CT molecular complexity index is 473. The zero-order valence-electron chi connectivity index (χ0n) is 8.24. The summed E-state index contributed by atoms with van der Waals surface area (Å²) in [7, 11) is 1.60. The summed E-state index contributed by atoms with van der Waals surface area (Å²) in [6.45, 7) is 0.257. The molecule has 0 saturated heterocycles. The maximum atomic E-state index is 5.34. The molecule has 0 aliphatic carbocycles. The molecule has 15 heavy (non-hydrogen) atoms. The van der Waals surface area contributed by atoms with Crippen molar-refractivity contribution in [2.75, 3.05) is 13.9 Å². The van der Waals surface area contributed by atoms with Crippen LogP contribution in [0.5, 0.6) is 5.75 Å². The molecule has 1 heterocycles. The first-order valence-electron chi connectivity index (χ1n) is 4.46. The molecular weight excluding hydrogens is 258 g/mol. The molecule has 0 saturated carbocycles. The van der Waals surface area contributed by atoms with Gasteiger partial charge in [-0.05, 0) is 40.2 Å². The molecule has 0 spiro atoms. The third-order valence-electron chi connectivity index (χ3n) is 1.96. The summed E-state index contributed by atoms with van der Waals surface area (Å²) in [5.74, 6) is 0.782. The Morgan fingerprint density at radius 2 is 2.20 bits per heavy atom. The van der Waals surface area contributed by atoms with Gasteiger partial charge in [0.05, 0.1) is 5.52 Å². The zero-order chi connectivity index (χ0) is 10.7. The van der Waals surface area contributed by atoms with Crippen molar-refractivity contribution in [3.8, 4) is 5.75 Å². The van der Waals surface area contributed by atoms with E-state index in [9.17, 15) is 0 Å². The highest BCUT2D eigenvalue weighted by Gasteiger charge is 1.99. The van der Waals surface area contributed by atoms with Gasteiger partial charge in [-0.2, -0.15) is 0 Å². The first-order chi connectivity index (χ1) is 7.29. The molecule has 0 unspecified atom stereocenters. The van der Waals surface area contributed by atoms with Gasteiger partial charge in [-0.3, -0.25) is 4.98 Å². The highest BCUT2D eigenvalue weighted by atomic mass is 79.9. The fourth-order valence-electron chi connectivity index (χ4n) is 1.30. The monoisotopic (exact) mass is 267 g/mol. The average molecular weight is 268 g/mol. The van der Waals surface area contributed by atoms with E-state index in [4.69, 9.17) is 9.47 Å². The molecule has 78 valence electrons. The second-order valence-corrected chi connectivity index (χ2v) is 3.97. The fourth-order valence-corrected chi connectivity index (χ4v) is 1.65. The third-order valence-corrected chi connectivity index (χ3v) is 2.40. The lowest BCUT2D eigenvalue weighted by molar-refractivity contribution is 0.0512. The molecule has 2 rings (SSSR count). The molecule has 0 N–H and O–H groups in total. The largest absolute Gasteiger partial charge is 0.468 e. The van der Waals surface area contributed by atoms with Gasteiger partial charge in [0.25, 0.3) is 0 Å². The quantitative estimate of drug-likeness (QED) is 0.802. The van der Waals surface area contributed by atoms with Gasteiger partial charge in [0.2, 0.25) is 0 Å². The van der Waals surface area contributed by atoms with Gasteiger partial charge in [-0.1, -0.05) is 0 Å². The van der Waals surface area contributed by atoms with Gasteiger partial charge in [0, 0.05) is 23.2 Å². The maximum absolute atomic E-state index is 5.34. The van der Waals surface area contributed by atoms with Crippen LogP contribution < -0.4 is 4.74 Å². The number of halogens is 1. The van der Waals surface area contributed by atoms with Crippen molar-refractivity contribution in [2.45, 2.75) is 0 Å². The Kier molecular flexibility index (Phi) is 3.18. The molecule has 0 radical (unpaired) electrons. The van der Waals surface area contributed by atoms with Crippen LogP contribution >= 0.6 is 15.9 Å². The van der Waals surface area contributed by atoms with Crippen molar-refractivity contribution in [3.63, 3.8) is 0 Å². The minimum Gasteiger partial charge on any atom is -0.468 e. The number of hydrogen-bond donors (Lipinski definition) is 0. The van der Waals surface area contributed by atoms with Crippen LogP contribution in [-0.4, -0.2) is 18.9 Å². The summed E-state index contributed by atoms with van der Waals surface area (Å²) in [5.41, 5.74) is 0.947. The van der Waals surface area contributed by atoms with Crippen LogP contribution in [0.1, 0.15) is 0 Å². The number of benzene rings is 1. The molecule has 0 aliphatic heterocycles. The Balaban J connectivity index is 2.36. The second-order valence-electron chi connectivity index (χ2n) is 3.06. The summed E-state index contributed by atoms with van der Waals surface area (Å²) in [6.07, 6.45) is 1.78. The summed E-state index contributed by atoms with van der Waals surface area (Å²) < 4.78 is 11.1. The standard InChI is InChI=1S/C11H10BrNO2/c1-14-7-15-10-2-3-11-8(5-10)4-9(12)6-13-11/h2-6H,7H2,1H3. The Morgan fingerprint density at radius 3 is 3.00 bits per heavy atom. The van der Waals surface area contributed by atoms with E-state index < -0.39 is 0 Å². The van der Waals surface area contributed by atoms with E-state index in [2.05, 4.69) is 20.9 Å². The summed E-state index contributed by atoms with van der Waals surface area (Å²) in [6, 6.07) is 7.74. The smallest absolute Gasteiger partial charge is 0.188 e. The number of rotatable bonds is 3. The van der Waals surface area contributed by atoms with Crippen LogP contribution in [0, 0.1) is 0 Å². The van der Waals surface area contributed by atoms with E-state index in [0.717, 1.165) is 21.1 Å². The number of nitrogens with zero attached hydrogens (tertiary/aromatic N) is 1. The Morgan fingerprint density at radius 1 is 1.33 bits per heavy atom. The van der Waals surface area contributed by atoms with Crippen LogP contribution in [0.4, 0.5) is 0 Å². The lowest BCUT2D eigenvalue weighted by atomic mass is 10.2. The molecule has 0 aliphatic rings. The number of ether oxygens (including phenoxy) is 2. The van der Waals surface area contributed by atoms with E-state index in [-0.39, 0.29) is 6.79 Å². The minimum atomic E-state index is 0.257. The van der Waals surface area contributed by atoms with Gasteiger partial charge < -0.3 is 9.47 Å². The fraction of sp³-hybridized carbons (Fsp3) is 0.182. The van der Waals surface area contributed by atoms with Crippen molar-refractivity contribution in [1.82, 2.24) is 4.98 Å². The Labute approximate surface area is 96.2 Å². The summed E-state index contributed by atoms with van der Waals surface area (Å²) >= 11 is 3.38. The van der Waals surface area contributed by atoms with Gasteiger partial charge in [-0.15, -0.1) is 0 Å². The lowest BCUT2D eigenvalue weighted by Gasteiger charge is -2.05. The molecule has 4 heteroatoms. The van der Waals surface area contributed by atoms with E-state index >= 15 is 0 Å². The molecule has 1 aromatic heterocycles. The molecular formula is C11H10BrNO2. The lowest BCUT2D eigenvalue weighted by Crippen LogP contribution is -1.98. The molecule has 3 nitrogen and oxygen atoms in total. The molecule has 1 aromatic carbocycles. The topological polar surface area (TPSA) is 31.4 Å². The number of aromatic nitrogens is 1. The van der Waals surface area contributed by atoms with Crippen molar-refractivity contribution < 1.29 is 9.47 Å². The average Bonchev–Trinajstić information content (AvgIpc) is 2.25. The SMILES string of the molecule is COCOc1ccc2ncc(Br)cc2c1. The number of hydrogen-bond acceptors (Lipinski definition) is 3. The van der Waals surface area contributed by atoms with Crippen molar-refractivity contribution in [2.24, 2.45) is 0 Å². The molecule has 0 atom stereocenters. The van der Waals surface area contributed by atoms with E-state index in [1.807, 2.05) is 24.3 Å². The number of pyridine rings is 1. The van der Waals surface area contributed by atoms with Gasteiger partial charge in [0.15, 0.2) is 6.79 Å². The van der Waals surface area contributed by atoms with Crippen LogP contribution in [0.25, 0.3) is 10.9 Å². The van der Waals surface area contributed by atoms with E-state index in [0.29, 0.717) is 0 Å². The first kappa shape index (κ1) is 10.4. The van der Waals surface area contributed by atoms with Crippen molar-refractivity contribution in [3.05, 3.63) is 34.9 Å². The van der Waals surface area contributed by atoms with Crippen LogP contribution in [-0.2, 0) is 4.74 Å². The van der Waals surface area contributed by atoms with Gasteiger partial charge in [-0.25, -0.2) is 0 Å². The van der Waals surface area contributed by atoms with Crippen molar-refractivity contribution >= 4 is 26.8 Å². The normalized spacial score (nSPS) is 10.5.